The number of aromatic amines is 1. The topological polar surface area (TPSA) is 111 Å². The van der Waals surface area contributed by atoms with Crippen molar-refractivity contribution >= 4 is 7.60 Å². The van der Waals surface area contributed by atoms with Gasteiger partial charge in [0.1, 0.15) is 0 Å². The van der Waals surface area contributed by atoms with Crippen LogP contribution >= 0.6 is 7.60 Å². The zero-order chi connectivity index (χ0) is 27.9. The quantitative estimate of drug-likeness (QED) is 0.0771. The molecule has 0 fully saturated rings. The van der Waals surface area contributed by atoms with Crippen LogP contribution in [0.4, 0.5) is 0 Å². The zero-order valence-electron chi connectivity index (χ0n) is 24.0. The predicted octanol–water partition coefficient (Wildman–Crippen LogP) is 6.88. The number of allylic oxidation sites excluding steroid dienone is 2. The second-order valence-corrected chi connectivity index (χ2v) is 12.2. The highest BCUT2D eigenvalue weighted by Crippen LogP contribution is 2.42. The Morgan fingerprint density at radius 2 is 1.39 bits per heavy atom. The highest BCUT2D eigenvalue weighted by molar-refractivity contribution is 7.52. The molecule has 0 radical (unpaired) electrons. The molecular formula is C29H53N2O6P. The lowest BCUT2D eigenvalue weighted by molar-refractivity contribution is 0.113. The monoisotopic (exact) mass is 556 g/mol. The minimum atomic E-state index is -3.64. The maximum absolute atomic E-state index is 12.1. The molecule has 38 heavy (non-hydrogen) atoms. The van der Waals surface area contributed by atoms with Gasteiger partial charge in [0.15, 0.2) is 0 Å². The van der Waals surface area contributed by atoms with E-state index in [1.807, 2.05) is 0 Å². The molecule has 8 nitrogen and oxygen atoms in total. The molecule has 220 valence electrons. The fourth-order valence-electron chi connectivity index (χ4n) is 4.23. The van der Waals surface area contributed by atoms with Crippen molar-refractivity contribution in [2.75, 3.05) is 26.0 Å². The fraction of sp³-hybridized carbons (Fsp3) is 0.793. The van der Waals surface area contributed by atoms with Crippen molar-refractivity contribution in [1.82, 2.24) is 9.55 Å². The van der Waals surface area contributed by atoms with Gasteiger partial charge in [0.2, 0.25) is 0 Å². The lowest BCUT2D eigenvalue weighted by Crippen LogP contribution is -2.30. The van der Waals surface area contributed by atoms with E-state index in [9.17, 15) is 19.0 Å². The van der Waals surface area contributed by atoms with Gasteiger partial charge in [-0.15, -0.1) is 0 Å². The second kappa shape index (κ2) is 22.4. The van der Waals surface area contributed by atoms with Crippen molar-refractivity contribution in [3.05, 3.63) is 44.8 Å². The first kappa shape index (κ1) is 34.6. The molecule has 1 aromatic heterocycles. The van der Waals surface area contributed by atoms with Gasteiger partial charge in [-0.2, -0.15) is 0 Å². The summed E-state index contributed by atoms with van der Waals surface area (Å²) in [4.78, 5) is 35.3. The number of H-pyrrole nitrogens is 1. The maximum Gasteiger partial charge on any atom is 0.328 e. The van der Waals surface area contributed by atoms with Crippen molar-refractivity contribution in [1.29, 1.82) is 0 Å². The van der Waals surface area contributed by atoms with Crippen molar-refractivity contribution < 1.29 is 18.7 Å². The van der Waals surface area contributed by atoms with Gasteiger partial charge in [-0.1, -0.05) is 103 Å². The average molecular weight is 557 g/mol. The summed E-state index contributed by atoms with van der Waals surface area (Å²) in [7, 11) is -3.64. The van der Waals surface area contributed by atoms with Crippen LogP contribution in [0.3, 0.4) is 0 Å². The molecule has 0 saturated carbocycles. The van der Waals surface area contributed by atoms with E-state index in [4.69, 9.17) is 9.26 Å². The van der Waals surface area contributed by atoms with Crippen molar-refractivity contribution in [3.8, 4) is 0 Å². The van der Waals surface area contributed by atoms with E-state index in [1.54, 1.807) is 19.1 Å². The van der Waals surface area contributed by atoms with E-state index >= 15 is 0 Å². The van der Waals surface area contributed by atoms with Crippen LogP contribution in [0.25, 0.3) is 0 Å². The van der Waals surface area contributed by atoms with Crippen molar-refractivity contribution in [2.24, 2.45) is 0 Å². The fourth-order valence-corrected chi connectivity index (χ4v) is 5.25. The number of hydrogen-bond acceptors (Lipinski definition) is 5. The third-order valence-corrected chi connectivity index (χ3v) is 8.01. The number of nitrogens with one attached hydrogen (secondary N) is 1. The Hall–Kier alpha value is -1.47. The Morgan fingerprint density at radius 3 is 2.00 bits per heavy atom. The molecule has 1 unspecified atom stereocenters. The summed E-state index contributed by atoms with van der Waals surface area (Å²) in [6.07, 6.45) is 24.6. The molecule has 1 heterocycles. The van der Waals surface area contributed by atoms with Crippen LogP contribution in [-0.2, 0) is 20.4 Å². The van der Waals surface area contributed by atoms with E-state index in [1.165, 1.54) is 94.2 Å². The largest absolute Gasteiger partial charge is 0.381 e. The number of aryl methyl sites for hydroxylation is 1. The normalized spacial score (nSPS) is 13.3. The van der Waals surface area contributed by atoms with E-state index in [0.717, 1.165) is 13.0 Å². The van der Waals surface area contributed by atoms with E-state index < -0.39 is 18.8 Å². The van der Waals surface area contributed by atoms with Gasteiger partial charge < -0.3 is 14.2 Å². The lowest BCUT2D eigenvalue weighted by Gasteiger charge is -2.11. The SMILES string of the molecule is CCCCCCCCCCCCCCCCOCCCOP(=O)(O)CCC=CCn1cc(C)c(=O)[nH]c1=O. The molecule has 0 aliphatic carbocycles. The molecule has 1 rings (SSSR count). The predicted molar refractivity (Wildman–Crippen MR) is 156 cm³/mol. The third-order valence-electron chi connectivity index (χ3n) is 6.60. The van der Waals surface area contributed by atoms with Gasteiger partial charge in [-0.05, 0) is 26.2 Å². The maximum atomic E-state index is 12.1. The van der Waals surface area contributed by atoms with E-state index in [-0.39, 0.29) is 19.3 Å². The van der Waals surface area contributed by atoms with Crippen LogP contribution < -0.4 is 11.2 Å². The number of hydrogen-bond donors (Lipinski definition) is 2. The van der Waals surface area contributed by atoms with Gasteiger partial charge in [0.25, 0.3) is 5.56 Å². The number of ether oxygens (including phenoxy) is 1. The van der Waals surface area contributed by atoms with Gasteiger partial charge in [-0.25, -0.2) is 4.79 Å². The van der Waals surface area contributed by atoms with Crippen LogP contribution in [0, 0.1) is 6.92 Å². The average Bonchev–Trinajstić information content (AvgIpc) is 2.88. The first-order valence-electron chi connectivity index (χ1n) is 14.8. The zero-order valence-corrected chi connectivity index (χ0v) is 24.9. The second-order valence-electron chi connectivity index (χ2n) is 10.2. The Labute approximate surface area is 229 Å². The summed E-state index contributed by atoms with van der Waals surface area (Å²) in [5.74, 6) is 0. The lowest BCUT2D eigenvalue weighted by atomic mass is 10.0. The molecule has 0 aliphatic heterocycles. The number of rotatable bonds is 25. The van der Waals surface area contributed by atoms with Crippen molar-refractivity contribution in [2.45, 2.75) is 123 Å². The summed E-state index contributed by atoms with van der Waals surface area (Å²) in [6, 6.07) is 0. The third kappa shape index (κ3) is 18.7. The summed E-state index contributed by atoms with van der Waals surface area (Å²) in [5, 5.41) is 0. The highest BCUT2D eigenvalue weighted by atomic mass is 31.2. The Kier molecular flexibility index (Phi) is 20.3. The molecule has 1 atom stereocenters. The first-order chi connectivity index (χ1) is 18.4. The number of aromatic nitrogens is 2. The summed E-state index contributed by atoms with van der Waals surface area (Å²) in [6.45, 7) is 5.64. The first-order valence-corrected chi connectivity index (χ1v) is 16.6. The van der Waals surface area contributed by atoms with Gasteiger partial charge >= 0.3 is 13.3 Å². The molecule has 0 aliphatic rings. The van der Waals surface area contributed by atoms with Gasteiger partial charge in [-0.3, -0.25) is 18.9 Å². The van der Waals surface area contributed by atoms with Crippen LogP contribution in [0.2, 0.25) is 0 Å². The minimum absolute atomic E-state index is 0.0168. The summed E-state index contributed by atoms with van der Waals surface area (Å²) < 4.78 is 24.3. The van der Waals surface area contributed by atoms with Crippen LogP contribution in [-0.4, -0.2) is 40.4 Å². The Balaban J connectivity index is 1.90. The molecule has 2 N–H and O–H groups in total. The van der Waals surface area contributed by atoms with E-state index in [0.29, 0.717) is 25.0 Å². The standard InChI is InChI=1S/C29H53N2O6P/c1-3-4-5-6-7-8-9-10-11-12-13-14-15-18-22-36-23-20-24-37-38(34,35)25-19-16-17-21-31-26-27(2)28(32)30-29(31)33/h16-17,26H,3-15,18-25H2,1-2H3,(H,34,35)(H,30,32,33). The number of nitrogens with zero attached hydrogens (tertiary/aromatic N) is 1. The van der Waals surface area contributed by atoms with Crippen LogP contribution in [0.1, 0.15) is 115 Å². The van der Waals surface area contributed by atoms with Crippen LogP contribution in [0.5, 0.6) is 0 Å². The van der Waals surface area contributed by atoms with Gasteiger partial charge in [0.05, 0.1) is 12.8 Å². The minimum Gasteiger partial charge on any atom is -0.381 e. The molecule has 0 bridgehead atoms. The summed E-state index contributed by atoms with van der Waals surface area (Å²) in [5.41, 5.74) is -0.420. The highest BCUT2D eigenvalue weighted by Gasteiger charge is 2.17. The van der Waals surface area contributed by atoms with Crippen molar-refractivity contribution in [3.63, 3.8) is 0 Å². The molecule has 1 aromatic rings. The molecule has 0 aromatic carbocycles. The summed E-state index contributed by atoms with van der Waals surface area (Å²) >= 11 is 0. The molecule has 9 heteroatoms. The Morgan fingerprint density at radius 1 is 0.842 bits per heavy atom. The number of unbranched alkanes of at least 4 members (excludes halogenated alkanes) is 13. The Bertz CT molecular complexity index is 911. The molecular weight excluding hydrogens is 503 g/mol. The molecule has 0 amide bonds. The molecule has 0 saturated heterocycles. The van der Waals surface area contributed by atoms with E-state index in [2.05, 4.69) is 11.9 Å². The van der Waals surface area contributed by atoms with Gasteiger partial charge in [0, 0.05) is 31.5 Å². The van der Waals surface area contributed by atoms with Crippen LogP contribution in [0.15, 0.2) is 27.9 Å². The smallest absolute Gasteiger partial charge is 0.328 e. The molecule has 0 spiro atoms.